The van der Waals surface area contributed by atoms with Crippen LogP contribution in [0.5, 0.6) is 0 Å². The van der Waals surface area contributed by atoms with Gasteiger partial charge in [0.25, 0.3) is 0 Å². The third-order valence-corrected chi connectivity index (χ3v) is 1.51. The molecule has 0 radical (unpaired) electrons. The predicted octanol–water partition coefficient (Wildman–Crippen LogP) is 0.923. The predicted molar refractivity (Wildman–Crippen MR) is 42.4 cm³/mol. The fraction of sp³-hybridized carbons (Fsp3) is 0. The number of nitrogens with zero attached hydrogens (tertiary/aromatic N) is 1. The Labute approximate surface area is 62.7 Å². The van der Waals surface area contributed by atoms with Gasteiger partial charge in [-0.25, -0.2) is 0 Å². The van der Waals surface area contributed by atoms with Gasteiger partial charge in [-0.05, 0) is 6.07 Å². The van der Waals surface area contributed by atoms with Crippen LogP contribution in [-0.2, 0) is 0 Å². The Bertz CT molecular complexity index is 433. The number of H-pyrrole nitrogens is 1. The van der Waals surface area contributed by atoms with E-state index in [1.54, 1.807) is 12.4 Å². The van der Waals surface area contributed by atoms with Crippen molar-refractivity contribution >= 4 is 10.9 Å². The van der Waals surface area contributed by atoms with Gasteiger partial charge in [0.15, 0.2) is 0 Å². The number of nitrogens with one attached hydrogen (secondary N) is 1. The van der Waals surface area contributed by atoms with Crippen LogP contribution in [-0.4, -0.2) is 9.97 Å². The summed E-state index contributed by atoms with van der Waals surface area (Å²) in [4.78, 5) is 17.4. The Hall–Kier alpha value is -1.64. The summed E-state index contributed by atoms with van der Waals surface area (Å²) in [7, 11) is 0. The van der Waals surface area contributed by atoms with Gasteiger partial charge in [0.1, 0.15) is 0 Å². The molecule has 0 aliphatic rings. The van der Waals surface area contributed by atoms with E-state index >= 15 is 0 Å². The van der Waals surface area contributed by atoms with E-state index in [9.17, 15) is 4.79 Å². The molecule has 0 amide bonds. The van der Waals surface area contributed by atoms with Gasteiger partial charge in [-0.2, -0.15) is 0 Å². The highest BCUT2D eigenvalue weighted by Gasteiger charge is 1.91. The Balaban J connectivity index is 2.94. The summed E-state index contributed by atoms with van der Waals surface area (Å²) in [5.74, 6) is 0. The minimum atomic E-state index is -0.0921. The van der Waals surface area contributed by atoms with Crippen LogP contribution in [0.15, 0.2) is 35.4 Å². The maximum absolute atomic E-state index is 10.8. The van der Waals surface area contributed by atoms with Crippen LogP contribution < -0.4 is 5.56 Å². The van der Waals surface area contributed by atoms with Crippen molar-refractivity contribution in [2.75, 3.05) is 0 Å². The monoisotopic (exact) mass is 146 g/mol. The molecule has 0 saturated carbocycles. The fourth-order valence-corrected chi connectivity index (χ4v) is 0.995. The lowest BCUT2D eigenvalue weighted by molar-refractivity contribution is 1.24. The number of hydrogen-bond donors (Lipinski definition) is 1. The number of aromatic amines is 1. The highest BCUT2D eigenvalue weighted by atomic mass is 16.1. The Kier molecular flexibility index (Phi) is 1.22. The molecule has 54 valence electrons. The van der Waals surface area contributed by atoms with Crippen LogP contribution in [0, 0.1) is 0 Å². The maximum atomic E-state index is 10.8. The molecule has 0 unspecified atom stereocenters. The number of fused-ring (bicyclic) bond motifs is 1. The number of aromatic nitrogens is 2. The Morgan fingerprint density at radius 3 is 3.27 bits per heavy atom. The number of pyridine rings is 2. The summed E-state index contributed by atoms with van der Waals surface area (Å²) in [5, 5.41) is 0.872. The van der Waals surface area contributed by atoms with Gasteiger partial charge in [0.2, 0.25) is 5.56 Å². The second-order valence-corrected chi connectivity index (χ2v) is 2.28. The molecule has 1 N–H and O–H groups in total. The molecule has 2 aromatic rings. The highest BCUT2D eigenvalue weighted by Crippen LogP contribution is 2.03. The first-order chi connectivity index (χ1) is 5.36. The highest BCUT2D eigenvalue weighted by molar-refractivity contribution is 5.76. The van der Waals surface area contributed by atoms with E-state index < -0.39 is 0 Å². The molecule has 3 nitrogen and oxygen atoms in total. The molecule has 0 aliphatic carbocycles. The molecule has 11 heavy (non-hydrogen) atoms. The van der Waals surface area contributed by atoms with Gasteiger partial charge in [-0.3, -0.25) is 9.78 Å². The number of rotatable bonds is 0. The van der Waals surface area contributed by atoms with E-state index in [2.05, 4.69) is 9.97 Å². The van der Waals surface area contributed by atoms with Crippen LogP contribution >= 0.6 is 0 Å². The molecular weight excluding hydrogens is 140 g/mol. The lowest BCUT2D eigenvalue weighted by atomic mass is 10.3. The van der Waals surface area contributed by atoms with Crippen molar-refractivity contribution in [3.05, 3.63) is 40.9 Å². The summed E-state index contributed by atoms with van der Waals surface area (Å²) >= 11 is 0. The second kappa shape index (κ2) is 2.20. The van der Waals surface area contributed by atoms with Crippen molar-refractivity contribution in [3.63, 3.8) is 0 Å². The van der Waals surface area contributed by atoms with Crippen molar-refractivity contribution in [1.82, 2.24) is 9.97 Å². The third kappa shape index (κ3) is 1.00. The van der Waals surface area contributed by atoms with Gasteiger partial charge in [-0.15, -0.1) is 0 Å². The van der Waals surface area contributed by atoms with Gasteiger partial charge >= 0.3 is 0 Å². The van der Waals surface area contributed by atoms with E-state index in [4.69, 9.17) is 0 Å². The quantitative estimate of drug-likeness (QED) is 0.600. The fourth-order valence-electron chi connectivity index (χ4n) is 0.995. The lowest BCUT2D eigenvalue weighted by Gasteiger charge is -1.91. The first-order valence-electron chi connectivity index (χ1n) is 3.30. The van der Waals surface area contributed by atoms with E-state index in [1.807, 2.05) is 12.1 Å². The molecule has 3 heteroatoms. The molecule has 0 bridgehead atoms. The Morgan fingerprint density at radius 2 is 2.36 bits per heavy atom. The van der Waals surface area contributed by atoms with Crippen LogP contribution in [0.3, 0.4) is 0 Å². The zero-order valence-electron chi connectivity index (χ0n) is 5.74. The summed E-state index contributed by atoms with van der Waals surface area (Å²) in [6, 6.07) is 5.20. The average Bonchev–Trinajstić information content (AvgIpc) is 2.04. The van der Waals surface area contributed by atoms with E-state index in [-0.39, 0.29) is 5.56 Å². The maximum Gasteiger partial charge on any atom is 0.248 e. The summed E-state index contributed by atoms with van der Waals surface area (Å²) < 4.78 is 0. The molecule has 0 saturated heterocycles. The van der Waals surface area contributed by atoms with Crippen molar-refractivity contribution in [1.29, 1.82) is 0 Å². The molecule has 2 rings (SSSR count). The molecular formula is C8H6N2O. The lowest BCUT2D eigenvalue weighted by Crippen LogP contribution is -2.01. The van der Waals surface area contributed by atoms with Gasteiger partial charge < -0.3 is 4.98 Å². The molecule has 0 aliphatic heterocycles. The molecule has 0 aromatic carbocycles. The average molecular weight is 146 g/mol. The van der Waals surface area contributed by atoms with Gasteiger partial charge in [0.05, 0.1) is 5.52 Å². The first kappa shape index (κ1) is 6.09. The molecule has 0 spiro atoms. The summed E-state index contributed by atoms with van der Waals surface area (Å²) in [6.45, 7) is 0. The first-order valence-corrected chi connectivity index (χ1v) is 3.30. The van der Waals surface area contributed by atoms with Crippen molar-refractivity contribution in [2.45, 2.75) is 0 Å². The molecule has 2 aromatic heterocycles. The van der Waals surface area contributed by atoms with E-state index in [1.165, 1.54) is 6.07 Å². The van der Waals surface area contributed by atoms with Crippen LogP contribution in [0.2, 0.25) is 0 Å². The zero-order chi connectivity index (χ0) is 7.68. The van der Waals surface area contributed by atoms with Crippen molar-refractivity contribution in [3.8, 4) is 0 Å². The standard InChI is InChI=1S/C8H6N2O/c11-8-4-6-2-1-3-9-7(6)5-10-8/h1-5H,(H,10,11). The van der Waals surface area contributed by atoms with Crippen LogP contribution in [0.25, 0.3) is 10.9 Å². The minimum absolute atomic E-state index is 0.0921. The largest absolute Gasteiger partial charge is 0.327 e. The second-order valence-electron chi connectivity index (χ2n) is 2.28. The SMILES string of the molecule is O=c1cc2cccnc2c[nH]1. The summed E-state index contributed by atoms with van der Waals surface area (Å²) in [5.41, 5.74) is 0.720. The van der Waals surface area contributed by atoms with Crippen molar-refractivity contribution < 1.29 is 0 Å². The molecule has 0 fully saturated rings. The smallest absolute Gasteiger partial charge is 0.248 e. The van der Waals surface area contributed by atoms with E-state index in [0.29, 0.717) is 0 Å². The minimum Gasteiger partial charge on any atom is -0.327 e. The Morgan fingerprint density at radius 1 is 1.45 bits per heavy atom. The molecule has 0 atom stereocenters. The van der Waals surface area contributed by atoms with Gasteiger partial charge in [-0.1, -0.05) is 6.07 Å². The zero-order valence-corrected chi connectivity index (χ0v) is 5.74. The summed E-state index contributed by atoms with van der Waals surface area (Å²) in [6.07, 6.45) is 3.30. The van der Waals surface area contributed by atoms with Crippen LogP contribution in [0.4, 0.5) is 0 Å². The van der Waals surface area contributed by atoms with Gasteiger partial charge in [0, 0.05) is 23.8 Å². The van der Waals surface area contributed by atoms with E-state index in [0.717, 1.165) is 10.9 Å². The normalized spacial score (nSPS) is 10.2. The topological polar surface area (TPSA) is 45.8 Å². The van der Waals surface area contributed by atoms with Crippen molar-refractivity contribution in [2.24, 2.45) is 0 Å². The third-order valence-electron chi connectivity index (χ3n) is 1.51. The van der Waals surface area contributed by atoms with Crippen LogP contribution in [0.1, 0.15) is 0 Å². The molecule has 2 heterocycles. The number of hydrogen-bond acceptors (Lipinski definition) is 2.